The van der Waals surface area contributed by atoms with E-state index in [2.05, 4.69) is 76.9 Å². The molecule has 0 saturated heterocycles. The van der Waals surface area contributed by atoms with E-state index in [0.29, 0.717) is 0 Å². The largest absolute Gasteiger partial charge is 0.229 e. The summed E-state index contributed by atoms with van der Waals surface area (Å²) in [6, 6.07) is 16.7. The van der Waals surface area contributed by atoms with Gasteiger partial charge in [0.2, 0.25) is 0 Å². The summed E-state index contributed by atoms with van der Waals surface area (Å²) in [7, 11) is 0. The van der Waals surface area contributed by atoms with Gasteiger partial charge in [-0.15, -0.1) is 24.0 Å². The molecule has 0 radical (unpaired) electrons. The van der Waals surface area contributed by atoms with Crippen LogP contribution in [-0.4, -0.2) is 4.98 Å². The molecule has 0 bridgehead atoms. The third-order valence-electron chi connectivity index (χ3n) is 3.05. The topological polar surface area (TPSA) is 12.9 Å². The molecule has 0 aliphatic rings. The van der Waals surface area contributed by atoms with Gasteiger partial charge in [0.25, 0.3) is 0 Å². The van der Waals surface area contributed by atoms with Crippen molar-refractivity contribution >= 4 is 39.9 Å². The van der Waals surface area contributed by atoms with Crippen molar-refractivity contribution in [3.63, 3.8) is 0 Å². The first kappa shape index (κ1) is 13.9. The van der Waals surface area contributed by atoms with Crippen LogP contribution in [-0.2, 0) is 0 Å². The van der Waals surface area contributed by atoms with Crippen LogP contribution < -0.4 is 0 Å². The average molecular weight is 362 g/mol. The number of hydrogen-bond donors (Lipinski definition) is 1. The number of nitrogens with zero attached hydrogens (tertiary/aromatic N) is 1. The lowest BCUT2D eigenvalue weighted by Crippen LogP contribution is -1.82. The summed E-state index contributed by atoms with van der Waals surface area (Å²) < 4.78 is 1.86. The van der Waals surface area contributed by atoms with Gasteiger partial charge in [-0.1, -0.05) is 57.9 Å². The summed E-state index contributed by atoms with van der Waals surface area (Å²) in [5.41, 5.74) is 4.55. The van der Waals surface area contributed by atoms with E-state index >= 15 is 0 Å². The minimum Gasteiger partial charge on any atom is -0.229 e. The molecule has 0 N–H and O–H groups in total. The summed E-state index contributed by atoms with van der Waals surface area (Å²) >= 11 is 9.49. The number of thiol groups is 1. The molecule has 1 heterocycles. The highest BCUT2D eigenvalue weighted by Gasteiger charge is 2.13. The zero-order chi connectivity index (χ0) is 14.1. The van der Waals surface area contributed by atoms with Crippen molar-refractivity contribution in [1.82, 2.24) is 4.98 Å². The molecular weight excluding hydrogens is 350 g/mol. The Kier molecular flexibility index (Phi) is 3.96. The van der Waals surface area contributed by atoms with Gasteiger partial charge < -0.3 is 0 Å². The van der Waals surface area contributed by atoms with E-state index in [1.54, 1.807) is 11.3 Å². The second-order valence-electron chi connectivity index (χ2n) is 4.55. The van der Waals surface area contributed by atoms with Crippen LogP contribution in [0.15, 0.2) is 57.3 Å². The maximum absolute atomic E-state index is 4.58. The molecule has 3 rings (SSSR count). The minimum absolute atomic E-state index is 0.790. The van der Waals surface area contributed by atoms with Crippen LogP contribution in [0.25, 0.3) is 21.7 Å². The fraction of sp³-hybridized carbons (Fsp3) is 0.0625. The molecule has 4 heteroatoms. The van der Waals surface area contributed by atoms with Crippen LogP contribution >= 0.6 is 39.9 Å². The molecule has 0 amide bonds. The van der Waals surface area contributed by atoms with Gasteiger partial charge in [-0.2, -0.15) is 0 Å². The number of benzene rings is 2. The van der Waals surface area contributed by atoms with Gasteiger partial charge in [0.15, 0.2) is 0 Å². The predicted octanol–water partition coefficient (Wildman–Crippen LogP) is 5.84. The molecule has 2 aromatic carbocycles. The average Bonchev–Trinajstić information content (AvgIpc) is 2.82. The van der Waals surface area contributed by atoms with Gasteiger partial charge in [0.1, 0.15) is 4.34 Å². The summed E-state index contributed by atoms with van der Waals surface area (Å²) in [4.78, 5) is 5.74. The fourth-order valence-corrected chi connectivity index (χ4v) is 3.48. The van der Waals surface area contributed by atoms with Crippen LogP contribution in [0.1, 0.15) is 5.56 Å². The maximum atomic E-state index is 4.58. The normalized spacial score (nSPS) is 10.8. The molecule has 0 fully saturated rings. The van der Waals surface area contributed by atoms with Gasteiger partial charge in [0.05, 0.1) is 10.6 Å². The highest BCUT2D eigenvalue weighted by molar-refractivity contribution is 9.10. The first-order chi connectivity index (χ1) is 9.63. The summed E-state index contributed by atoms with van der Waals surface area (Å²) in [5, 5.41) is 0. The van der Waals surface area contributed by atoms with Crippen molar-refractivity contribution in [2.75, 3.05) is 0 Å². The van der Waals surface area contributed by atoms with Gasteiger partial charge in [-0.3, -0.25) is 0 Å². The predicted molar refractivity (Wildman–Crippen MR) is 92.7 cm³/mol. The summed E-state index contributed by atoms with van der Waals surface area (Å²) in [5.74, 6) is 0. The molecule has 3 aromatic rings. The number of halogens is 1. The molecule has 0 spiro atoms. The van der Waals surface area contributed by atoms with Gasteiger partial charge >= 0.3 is 0 Å². The molecule has 100 valence electrons. The highest BCUT2D eigenvalue weighted by Crippen LogP contribution is 2.38. The Balaban J connectivity index is 2.12. The first-order valence-corrected chi connectivity index (χ1v) is 8.22. The molecule has 0 unspecified atom stereocenters. The lowest BCUT2D eigenvalue weighted by Gasteiger charge is -2.03. The standard InChI is InChI=1S/C16H12BrNS2/c1-10-2-4-12(5-3-10)15-14(18-16(19)20-15)11-6-8-13(17)9-7-11/h2-9H,1H3,(H,18,19). The highest BCUT2D eigenvalue weighted by atomic mass is 79.9. The van der Waals surface area contributed by atoms with Crippen molar-refractivity contribution in [3.8, 4) is 21.7 Å². The molecule has 0 aliphatic carbocycles. The lowest BCUT2D eigenvalue weighted by molar-refractivity contribution is 1.26. The van der Waals surface area contributed by atoms with E-state index in [9.17, 15) is 0 Å². The fourth-order valence-electron chi connectivity index (χ4n) is 2.01. The van der Waals surface area contributed by atoms with E-state index in [4.69, 9.17) is 0 Å². The Bertz CT molecular complexity index is 667. The van der Waals surface area contributed by atoms with Gasteiger partial charge in [-0.25, -0.2) is 4.98 Å². The second kappa shape index (κ2) is 5.72. The third kappa shape index (κ3) is 2.82. The van der Waals surface area contributed by atoms with Crippen LogP contribution in [0.4, 0.5) is 0 Å². The smallest absolute Gasteiger partial charge is 0.148 e. The molecular formula is C16H12BrNS2. The van der Waals surface area contributed by atoms with Crippen LogP contribution in [0.2, 0.25) is 0 Å². The van der Waals surface area contributed by atoms with Crippen LogP contribution in [0, 0.1) is 6.92 Å². The number of rotatable bonds is 2. The van der Waals surface area contributed by atoms with Crippen molar-refractivity contribution in [1.29, 1.82) is 0 Å². The summed E-state index contributed by atoms with van der Waals surface area (Å²) in [6.45, 7) is 2.09. The molecule has 1 nitrogen and oxygen atoms in total. The van der Waals surface area contributed by atoms with Crippen molar-refractivity contribution in [3.05, 3.63) is 58.6 Å². The SMILES string of the molecule is Cc1ccc(-c2sc(S)nc2-c2ccc(Br)cc2)cc1. The van der Waals surface area contributed by atoms with Crippen molar-refractivity contribution < 1.29 is 0 Å². The summed E-state index contributed by atoms with van der Waals surface area (Å²) in [6.07, 6.45) is 0. The Hall–Kier alpha value is -1.10. The second-order valence-corrected chi connectivity index (χ2v) is 7.19. The van der Waals surface area contributed by atoms with E-state index in [1.807, 2.05) is 12.1 Å². The monoisotopic (exact) mass is 361 g/mol. The van der Waals surface area contributed by atoms with Crippen LogP contribution in [0.5, 0.6) is 0 Å². The van der Waals surface area contributed by atoms with E-state index in [-0.39, 0.29) is 0 Å². The maximum Gasteiger partial charge on any atom is 0.148 e. The zero-order valence-corrected chi connectivity index (χ0v) is 14.1. The molecule has 0 atom stereocenters. The van der Waals surface area contributed by atoms with Crippen LogP contribution in [0.3, 0.4) is 0 Å². The first-order valence-electron chi connectivity index (χ1n) is 6.16. The Morgan fingerprint density at radius 3 is 2.20 bits per heavy atom. The van der Waals surface area contributed by atoms with Gasteiger partial charge in [-0.05, 0) is 24.6 Å². The zero-order valence-electron chi connectivity index (χ0n) is 10.8. The number of aryl methyl sites for hydroxylation is 1. The quantitative estimate of drug-likeness (QED) is 0.566. The molecule has 1 aromatic heterocycles. The van der Waals surface area contributed by atoms with E-state index < -0.39 is 0 Å². The minimum atomic E-state index is 0.790. The Labute approximate surface area is 136 Å². The number of aromatic nitrogens is 1. The third-order valence-corrected chi connectivity index (χ3v) is 4.86. The number of thiazole rings is 1. The Morgan fingerprint density at radius 2 is 1.55 bits per heavy atom. The van der Waals surface area contributed by atoms with E-state index in [0.717, 1.165) is 24.9 Å². The molecule has 20 heavy (non-hydrogen) atoms. The lowest BCUT2D eigenvalue weighted by atomic mass is 10.1. The van der Waals surface area contributed by atoms with Gasteiger partial charge in [0, 0.05) is 10.0 Å². The van der Waals surface area contributed by atoms with E-state index in [1.165, 1.54) is 11.1 Å². The molecule has 0 saturated carbocycles. The molecule has 0 aliphatic heterocycles. The van der Waals surface area contributed by atoms with Crippen molar-refractivity contribution in [2.45, 2.75) is 11.3 Å². The van der Waals surface area contributed by atoms with Crippen molar-refractivity contribution in [2.24, 2.45) is 0 Å². The Morgan fingerprint density at radius 1 is 0.950 bits per heavy atom. The number of hydrogen-bond acceptors (Lipinski definition) is 3.